The summed E-state index contributed by atoms with van der Waals surface area (Å²) in [6, 6.07) is 0. The molecule has 0 bridgehead atoms. The molecule has 0 atom stereocenters. The zero-order valence-electron chi connectivity index (χ0n) is 6.48. The van der Waals surface area contributed by atoms with Gasteiger partial charge in [-0.15, -0.1) is 0 Å². The summed E-state index contributed by atoms with van der Waals surface area (Å²) in [6.45, 7) is 5.49. The van der Waals surface area contributed by atoms with Gasteiger partial charge in [-0.2, -0.15) is 0 Å². The predicted molar refractivity (Wildman–Crippen MR) is 40.2 cm³/mol. The molecule has 1 nitrogen and oxygen atoms in total. The first kappa shape index (κ1) is 7.07. The third-order valence-electron chi connectivity index (χ3n) is 2.76. The molecule has 0 aromatic rings. The molecular formula is C8H17N. The van der Waals surface area contributed by atoms with Gasteiger partial charge >= 0.3 is 0 Å². The van der Waals surface area contributed by atoms with E-state index in [1.165, 1.54) is 19.3 Å². The van der Waals surface area contributed by atoms with Gasteiger partial charge in [0.05, 0.1) is 0 Å². The Morgan fingerprint density at radius 1 is 1.44 bits per heavy atom. The summed E-state index contributed by atoms with van der Waals surface area (Å²) in [5, 5.41) is 0. The average molecular weight is 127 g/mol. The minimum atomic E-state index is 0.675. The van der Waals surface area contributed by atoms with Gasteiger partial charge in [0.2, 0.25) is 0 Å². The van der Waals surface area contributed by atoms with Crippen LogP contribution >= 0.6 is 0 Å². The van der Waals surface area contributed by atoms with Gasteiger partial charge in [0.15, 0.2) is 0 Å². The SMILES string of the molecule is CC(C)C1(CCN)CC1. The summed E-state index contributed by atoms with van der Waals surface area (Å²) < 4.78 is 0. The van der Waals surface area contributed by atoms with E-state index in [1.807, 2.05) is 0 Å². The number of hydrogen-bond acceptors (Lipinski definition) is 1. The number of hydrogen-bond donors (Lipinski definition) is 1. The summed E-state index contributed by atoms with van der Waals surface area (Å²) in [4.78, 5) is 0. The first-order chi connectivity index (χ1) is 4.21. The third kappa shape index (κ3) is 1.26. The first-order valence-corrected chi connectivity index (χ1v) is 3.91. The van der Waals surface area contributed by atoms with Crippen molar-refractivity contribution in [2.75, 3.05) is 6.54 Å². The summed E-state index contributed by atoms with van der Waals surface area (Å²) in [7, 11) is 0. The molecule has 54 valence electrons. The van der Waals surface area contributed by atoms with Crippen LogP contribution in [0.5, 0.6) is 0 Å². The van der Waals surface area contributed by atoms with Gasteiger partial charge in [-0.25, -0.2) is 0 Å². The Morgan fingerprint density at radius 2 is 2.00 bits per heavy atom. The molecule has 0 aliphatic heterocycles. The van der Waals surface area contributed by atoms with Crippen LogP contribution in [0.15, 0.2) is 0 Å². The van der Waals surface area contributed by atoms with Gasteiger partial charge in [0.1, 0.15) is 0 Å². The largest absolute Gasteiger partial charge is 0.330 e. The van der Waals surface area contributed by atoms with Crippen molar-refractivity contribution in [1.29, 1.82) is 0 Å². The van der Waals surface area contributed by atoms with Gasteiger partial charge in [-0.05, 0) is 37.1 Å². The van der Waals surface area contributed by atoms with Gasteiger partial charge < -0.3 is 5.73 Å². The molecule has 0 amide bonds. The molecule has 0 unspecified atom stereocenters. The lowest BCUT2D eigenvalue weighted by molar-refractivity contribution is 0.339. The molecule has 1 aliphatic carbocycles. The van der Waals surface area contributed by atoms with E-state index in [4.69, 9.17) is 5.73 Å². The molecule has 0 saturated heterocycles. The Morgan fingerprint density at radius 3 is 2.11 bits per heavy atom. The standard InChI is InChI=1S/C8H17N/c1-7(2)8(3-4-8)5-6-9/h7H,3-6,9H2,1-2H3. The van der Waals surface area contributed by atoms with Crippen molar-refractivity contribution < 1.29 is 0 Å². The zero-order valence-corrected chi connectivity index (χ0v) is 6.48. The predicted octanol–water partition coefficient (Wildman–Crippen LogP) is 1.77. The molecule has 0 radical (unpaired) electrons. The highest BCUT2D eigenvalue weighted by Gasteiger charge is 2.43. The maximum atomic E-state index is 5.49. The van der Waals surface area contributed by atoms with Crippen LogP contribution in [-0.2, 0) is 0 Å². The van der Waals surface area contributed by atoms with Crippen molar-refractivity contribution in [1.82, 2.24) is 0 Å². The van der Waals surface area contributed by atoms with Crippen LogP contribution in [0.25, 0.3) is 0 Å². The minimum Gasteiger partial charge on any atom is -0.330 e. The van der Waals surface area contributed by atoms with E-state index in [0.717, 1.165) is 12.5 Å². The monoisotopic (exact) mass is 127 g/mol. The topological polar surface area (TPSA) is 26.0 Å². The Hall–Kier alpha value is -0.0400. The van der Waals surface area contributed by atoms with E-state index in [-0.39, 0.29) is 0 Å². The van der Waals surface area contributed by atoms with E-state index in [9.17, 15) is 0 Å². The fraction of sp³-hybridized carbons (Fsp3) is 1.00. The molecule has 0 spiro atoms. The molecule has 2 N–H and O–H groups in total. The lowest BCUT2D eigenvalue weighted by Gasteiger charge is -2.17. The normalized spacial score (nSPS) is 22.7. The van der Waals surface area contributed by atoms with Gasteiger partial charge in [0.25, 0.3) is 0 Å². The van der Waals surface area contributed by atoms with E-state index in [0.29, 0.717) is 5.41 Å². The summed E-state index contributed by atoms with van der Waals surface area (Å²) in [5.41, 5.74) is 6.17. The second-order valence-electron chi connectivity index (χ2n) is 3.56. The van der Waals surface area contributed by atoms with E-state index in [1.54, 1.807) is 0 Å². The Bertz CT molecular complexity index is 92.7. The number of nitrogens with two attached hydrogens (primary N) is 1. The summed E-state index contributed by atoms with van der Waals surface area (Å²) >= 11 is 0. The van der Waals surface area contributed by atoms with Crippen molar-refractivity contribution in [2.24, 2.45) is 17.1 Å². The lowest BCUT2D eigenvalue weighted by atomic mass is 9.89. The fourth-order valence-electron chi connectivity index (χ4n) is 1.56. The smallest absolute Gasteiger partial charge is 0.00719 e. The molecule has 9 heavy (non-hydrogen) atoms. The molecule has 0 aromatic carbocycles. The fourth-order valence-corrected chi connectivity index (χ4v) is 1.56. The minimum absolute atomic E-state index is 0.675. The van der Waals surface area contributed by atoms with Crippen LogP contribution in [0.3, 0.4) is 0 Å². The number of rotatable bonds is 3. The van der Waals surface area contributed by atoms with Crippen LogP contribution in [0.4, 0.5) is 0 Å². The van der Waals surface area contributed by atoms with Gasteiger partial charge in [0, 0.05) is 0 Å². The highest BCUT2D eigenvalue weighted by Crippen LogP contribution is 2.54. The van der Waals surface area contributed by atoms with Gasteiger partial charge in [-0.1, -0.05) is 13.8 Å². The second-order valence-corrected chi connectivity index (χ2v) is 3.56. The Labute approximate surface area is 57.6 Å². The van der Waals surface area contributed by atoms with E-state index < -0.39 is 0 Å². The van der Waals surface area contributed by atoms with Crippen LogP contribution < -0.4 is 5.73 Å². The molecule has 1 fully saturated rings. The van der Waals surface area contributed by atoms with Crippen LogP contribution in [-0.4, -0.2) is 6.54 Å². The Kier molecular flexibility index (Phi) is 1.80. The second kappa shape index (κ2) is 2.30. The van der Waals surface area contributed by atoms with Crippen molar-refractivity contribution in [2.45, 2.75) is 33.1 Å². The van der Waals surface area contributed by atoms with Crippen molar-refractivity contribution in [3.63, 3.8) is 0 Å². The third-order valence-corrected chi connectivity index (χ3v) is 2.76. The molecule has 0 aromatic heterocycles. The highest BCUT2D eigenvalue weighted by molar-refractivity contribution is 4.95. The van der Waals surface area contributed by atoms with Crippen molar-refractivity contribution in [3.05, 3.63) is 0 Å². The van der Waals surface area contributed by atoms with E-state index in [2.05, 4.69) is 13.8 Å². The maximum Gasteiger partial charge on any atom is -0.00719 e. The molecule has 1 saturated carbocycles. The summed E-state index contributed by atoms with van der Waals surface area (Å²) in [5.74, 6) is 0.848. The van der Waals surface area contributed by atoms with E-state index >= 15 is 0 Å². The van der Waals surface area contributed by atoms with Gasteiger partial charge in [-0.3, -0.25) is 0 Å². The maximum absolute atomic E-state index is 5.49. The lowest BCUT2D eigenvalue weighted by Crippen LogP contribution is -2.14. The zero-order chi connectivity index (χ0) is 6.91. The Balaban J connectivity index is 2.33. The molecule has 0 heterocycles. The van der Waals surface area contributed by atoms with Crippen LogP contribution in [0.2, 0.25) is 0 Å². The van der Waals surface area contributed by atoms with Crippen LogP contribution in [0, 0.1) is 11.3 Å². The highest BCUT2D eigenvalue weighted by atomic mass is 14.6. The average Bonchev–Trinajstić information content (AvgIpc) is 2.49. The van der Waals surface area contributed by atoms with Crippen molar-refractivity contribution in [3.8, 4) is 0 Å². The van der Waals surface area contributed by atoms with Crippen LogP contribution in [0.1, 0.15) is 33.1 Å². The van der Waals surface area contributed by atoms with Crippen molar-refractivity contribution >= 4 is 0 Å². The summed E-state index contributed by atoms with van der Waals surface area (Å²) in [6.07, 6.45) is 4.08. The quantitative estimate of drug-likeness (QED) is 0.614. The molecular weight excluding hydrogens is 110 g/mol. The first-order valence-electron chi connectivity index (χ1n) is 3.91. The molecule has 1 rings (SSSR count). The molecule has 1 aliphatic rings. The molecule has 1 heteroatoms.